The second kappa shape index (κ2) is 8.48. The van der Waals surface area contributed by atoms with Gasteiger partial charge in [0.1, 0.15) is 16.8 Å². The van der Waals surface area contributed by atoms with Gasteiger partial charge in [-0.3, -0.25) is 0 Å². The van der Waals surface area contributed by atoms with E-state index >= 15 is 0 Å². The summed E-state index contributed by atoms with van der Waals surface area (Å²) in [5.41, 5.74) is -4.36. The molecule has 4 rings (SSSR count). The number of methoxy groups -OCH3 is 1. The lowest BCUT2D eigenvalue weighted by atomic mass is 9.60. The van der Waals surface area contributed by atoms with E-state index in [1.807, 2.05) is 58.0 Å². The Bertz CT molecular complexity index is 923. The largest absolute Gasteiger partial charge is 0.384 e. The van der Waals surface area contributed by atoms with Crippen molar-refractivity contribution < 1.29 is 33.5 Å². The van der Waals surface area contributed by atoms with Gasteiger partial charge in [-0.1, -0.05) is 51.1 Å². The van der Waals surface area contributed by atoms with Crippen molar-refractivity contribution in [2.24, 2.45) is 17.8 Å². The summed E-state index contributed by atoms with van der Waals surface area (Å²) in [6, 6.07) is 9.72. The molecule has 0 amide bonds. The summed E-state index contributed by atoms with van der Waals surface area (Å²) in [7, 11) is 1.57. The molecule has 0 bridgehead atoms. The molecule has 3 saturated heterocycles. The van der Waals surface area contributed by atoms with Crippen LogP contribution in [0.4, 0.5) is 0 Å². The highest BCUT2D eigenvalue weighted by molar-refractivity contribution is 5.26. The van der Waals surface area contributed by atoms with E-state index in [-0.39, 0.29) is 12.5 Å². The van der Waals surface area contributed by atoms with Gasteiger partial charge in [-0.25, -0.2) is 0 Å². The van der Waals surface area contributed by atoms with E-state index in [0.29, 0.717) is 18.4 Å². The lowest BCUT2D eigenvalue weighted by Crippen LogP contribution is -2.87. The first-order valence-corrected chi connectivity index (χ1v) is 12.8. The summed E-state index contributed by atoms with van der Waals surface area (Å²) in [4.78, 5) is 0. The maximum absolute atomic E-state index is 12.6. The van der Waals surface area contributed by atoms with Crippen LogP contribution >= 0.6 is 0 Å². The molecule has 1 aromatic carbocycles. The first kappa shape index (κ1) is 27.0. The summed E-state index contributed by atoms with van der Waals surface area (Å²) < 4.78 is 38.7. The van der Waals surface area contributed by atoms with Crippen LogP contribution in [-0.4, -0.2) is 59.4 Å². The van der Waals surface area contributed by atoms with Crippen molar-refractivity contribution in [3.8, 4) is 0 Å². The Morgan fingerprint density at radius 3 is 2.20 bits per heavy atom. The highest BCUT2D eigenvalue weighted by atomic mass is 16.8. The Balaban J connectivity index is 1.79. The zero-order chi connectivity index (χ0) is 26.1. The van der Waals surface area contributed by atoms with Crippen LogP contribution in [0.1, 0.15) is 74.2 Å². The van der Waals surface area contributed by atoms with Crippen LogP contribution in [0.3, 0.4) is 0 Å². The Labute approximate surface area is 210 Å². The molecule has 7 nitrogen and oxygen atoms in total. The molecular weight excluding hydrogens is 448 g/mol. The van der Waals surface area contributed by atoms with E-state index in [4.69, 9.17) is 28.4 Å². The molecule has 35 heavy (non-hydrogen) atoms. The number of ether oxygens (including phenoxy) is 6. The summed E-state index contributed by atoms with van der Waals surface area (Å²) in [6.07, 6.45) is -0.665. The third-order valence-electron chi connectivity index (χ3n) is 10.0. The van der Waals surface area contributed by atoms with E-state index in [0.717, 1.165) is 5.56 Å². The maximum atomic E-state index is 12.6. The molecule has 1 N–H and O–H groups in total. The van der Waals surface area contributed by atoms with Gasteiger partial charge in [-0.2, -0.15) is 0 Å². The molecule has 7 heteroatoms. The fraction of sp³-hybridized carbons (Fsp3) is 0.786. The second-order valence-corrected chi connectivity index (χ2v) is 11.8. The van der Waals surface area contributed by atoms with Gasteiger partial charge >= 0.3 is 0 Å². The zero-order valence-corrected chi connectivity index (χ0v) is 23.0. The Morgan fingerprint density at radius 2 is 1.60 bits per heavy atom. The molecule has 0 aromatic heterocycles. The normalized spacial score (nSPS) is 52.7. The molecule has 10 atom stereocenters. The number of fused-ring (bicyclic) bond motifs is 1. The van der Waals surface area contributed by atoms with Gasteiger partial charge in [-0.05, 0) is 53.4 Å². The highest BCUT2D eigenvalue weighted by Crippen LogP contribution is 2.61. The number of hydrogen-bond donors (Lipinski definition) is 1. The first-order valence-electron chi connectivity index (χ1n) is 12.8. The minimum Gasteiger partial charge on any atom is -0.384 e. The van der Waals surface area contributed by atoms with Crippen molar-refractivity contribution in [1.29, 1.82) is 0 Å². The van der Waals surface area contributed by atoms with Crippen molar-refractivity contribution >= 4 is 0 Å². The van der Waals surface area contributed by atoms with Gasteiger partial charge in [0.25, 0.3) is 0 Å². The average molecular weight is 493 g/mol. The topological polar surface area (TPSA) is 75.6 Å². The van der Waals surface area contributed by atoms with Crippen molar-refractivity contribution in [3.05, 3.63) is 35.9 Å². The molecule has 0 spiro atoms. The van der Waals surface area contributed by atoms with Gasteiger partial charge < -0.3 is 33.5 Å². The quantitative estimate of drug-likeness (QED) is 0.646. The number of rotatable bonds is 4. The summed E-state index contributed by atoms with van der Waals surface area (Å²) in [5.74, 6) is -1.48. The molecule has 0 aliphatic carbocycles. The fourth-order valence-corrected chi connectivity index (χ4v) is 6.21. The van der Waals surface area contributed by atoms with E-state index < -0.39 is 40.3 Å². The molecule has 3 aliphatic heterocycles. The van der Waals surface area contributed by atoms with Crippen LogP contribution < -0.4 is 0 Å². The molecular formula is C28H44O7. The third-order valence-corrected chi connectivity index (χ3v) is 10.0. The lowest BCUT2D eigenvalue weighted by Gasteiger charge is -2.70. The minimum absolute atomic E-state index is 0.0637. The van der Waals surface area contributed by atoms with Crippen LogP contribution in [0, 0.1) is 17.8 Å². The lowest BCUT2D eigenvalue weighted by molar-refractivity contribution is -0.516. The predicted molar refractivity (Wildman–Crippen MR) is 131 cm³/mol. The Kier molecular flexibility index (Phi) is 6.54. The third kappa shape index (κ3) is 3.65. The summed E-state index contributed by atoms with van der Waals surface area (Å²) in [6.45, 7) is 18.4. The van der Waals surface area contributed by atoms with Crippen molar-refractivity contribution in [3.63, 3.8) is 0 Å². The van der Waals surface area contributed by atoms with E-state index in [1.54, 1.807) is 21.0 Å². The molecule has 198 valence electrons. The molecule has 3 aliphatic rings. The van der Waals surface area contributed by atoms with Crippen LogP contribution in [0.25, 0.3) is 0 Å². The monoisotopic (exact) mass is 492 g/mol. The van der Waals surface area contributed by atoms with Crippen molar-refractivity contribution in [1.82, 2.24) is 0 Å². The highest BCUT2D eigenvalue weighted by Gasteiger charge is 2.79. The molecule has 1 aromatic rings. The van der Waals surface area contributed by atoms with Gasteiger partial charge in [0.05, 0.1) is 13.2 Å². The van der Waals surface area contributed by atoms with Gasteiger partial charge in [-0.15, -0.1) is 0 Å². The zero-order valence-electron chi connectivity index (χ0n) is 23.0. The molecule has 0 saturated carbocycles. The summed E-state index contributed by atoms with van der Waals surface area (Å²) in [5, 5.41) is 12.6. The number of benzene rings is 1. The van der Waals surface area contributed by atoms with Crippen molar-refractivity contribution in [2.75, 3.05) is 20.3 Å². The van der Waals surface area contributed by atoms with E-state index in [9.17, 15) is 5.11 Å². The molecule has 10 unspecified atom stereocenters. The van der Waals surface area contributed by atoms with Crippen LogP contribution in [0.5, 0.6) is 0 Å². The predicted octanol–water partition coefficient (Wildman–Crippen LogP) is 4.82. The van der Waals surface area contributed by atoms with Gasteiger partial charge in [0, 0.05) is 18.6 Å². The van der Waals surface area contributed by atoms with E-state index in [2.05, 4.69) is 20.8 Å². The minimum atomic E-state index is -1.59. The standard InChI is InChI=1S/C28H44O7/c1-18-16-32-24(5,20(3)19(18)2)35-27(8)25(6,29)26(7)23(4,34-28(27,9)30-10)17-31-22(33-26)21-14-12-11-13-15-21/h11-15,18-20,22,29H,16-17H2,1-10H3. The number of aliphatic hydroxyl groups is 1. The SMILES string of the molecule is COC1(C)OC2(C)COC(c3ccccc3)OC2(C)C(C)(O)C1(C)OC1(C)OCC(C)C(C)C1C. The first-order chi connectivity index (χ1) is 16.1. The fourth-order valence-electron chi connectivity index (χ4n) is 6.21. The smallest absolute Gasteiger partial charge is 0.198 e. The van der Waals surface area contributed by atoms with Gasteiger partial charge in [0.2, 0.25) is 0 Å². The second-order valence-electron chi connectivity index (χ2n) is 11.8. The summed E-state index contributed by atoms with van der Waals surface area (Å²) >= 11 is 0. The molecule has 3 fully saturated rings. The van der Waals surface area contributed by atoms with Crippen LogP contribution in [0.2, 0.25) is 0 Å². The maximum Gasteiger partial charge on any atom is 0.198 e. The van der Waals surface area contributed by atoms with Gasteiger partial charge in [0.15, 0.2) is 23.5 Å². The van der Waals surface area contributed by atoms with Crippen molar-refractivity contribution in [2.45, 2.75) is 103 Å². The van der Waals surface area contributed by atoms with Crippen LogP contribution in [0.15, 0.2) is 30.3 Å². The number of hydrogen-bond acceptors (Lipinski definition) is 7. The molecule has 0 radical (unpaired) electrons. The molecule has 3 heterocycles. The Hall–Kier alpha value is -1.06. The van der Waals surface area contributed by atoms with E-state index in [1.165, 1.54) is 0 Å². The average Bonchev–Trinajstić information content (AvgIpc) is 2.82. The Morgan fingerprint density at radius 1 is 0.971 bits per heavy atom. The van der Waals surface area contributed by atoms with Crippen LogP contribution in [-0.2, 0) is 28.4 Å².